The van der Waals surface area contributed by atoms with Gasteiger partial charge in [0.1, 0.15) is 0 Å². The molecule has 0 spiro atoms. The van der Waals surface area contributed by atoms with E-state index in [0.29, 0.717) is 44.0 Å². The van der Waals surface area contributed by atoms with Crippen LogP contribution in [0.25, 0.3) is 0 Å². The monoisotopic (exact) mass is 481 g/mol. The molecule has 3 fully saturated rings. The minimum Gasteiger partial charge on any atom is -0.366 e. The Morgan fingerprint density at radius 2 is 1.71 bits per heavy atom. The highest BCUT2D eigenvalue weighted by molar-refractivity contribution is 7.12. The molecule has 2 aromatic rings. The third-order valence-corrected chi connectivity index (χ3v) is 7.57. The smallest absolute Gasteiger partial charge is 0.264 e. The highest BCUT2D eigenvalue weighted by Gasteiger charge is 2.31. The first-order valence-electron chi connectivity index (χ1n) is 12.1. The number of anilines is 2. The molecule has 3 amide bonds. The number of carbonyl (C=O) groups is 3. The highest BCUT2D eigenvalue weighted by atomic mass is 32.1. The molecule has 1 aromatic heterocycles. The summed E-state index contributed by atoms with van der Waals surface area (Å²) in [4.78, 5) is 45.2. The van der Waals surface area contributed by atoms with Crippen molar-refractivity contribution in [3.05, 3.63) is 46.2 Å². The molecule has 1 aromatic carbocycles. The molecular formula is C25H31N5O3S. The zero-order valence-corrected chi connectivity index (χ0v) is 20.1. The molecule has 2 N–H and O–H groups in total. The van der Waals surface area contributed by atoms with Gasteiger partial charge in [-0.25, -0.2) is 0 Å². The number of piperazine rings is 1. The summed E-state index contributed by atoms with van der Waals surface area (Å²) in [6, 6.07) is 9.41. The predicted molar refractivity (Wildman–Crippen MR) is 134 cm³/mol. The molecular weight excluding hydrogens is 450 g/mol. The molecule has 8 nitrogen and oxygen atoms in total. The van der Waals surface area contributed by atoms with Gasteiger partial charge in [-0.2, -0.15) is 0 Å². The first-order chi connectivity index (χ1) is 16.6. The van der Waals surface area contributed by atoms with Crippen molar-refractivity contribution in [3.63, 3.8) is 0 Å². The fourth-order valence-corrected chi connectivity index (χ4v) is 5.25. The first kappa shape index (κ1) is 22.9. The third kappa shape index (κ3) is 5.10. The second-order valence-corrected chi connectivity index (χ2v) is 10.1. The van der Waals surface area contributed by atoms with Crippen molar-refractivity contribution < 1.29 is 14.4 Å². The van der Waals surface area contributed by atoms with Crippen molar-refractivity contribution in [2.45, 2.75) is 19.3 Å². The van der Waals surface area contributed by atoms with Gasteiger partial charge in [-0.05, 0) is 55.5 Å². The molecule has 180 valence electrons. The molecule has 3 heterocycles. The van der Waals surface area contributed by atoms with E-state index in [1.165, 1.54) is 11.3 Å². The van der Waals surface area contributed by atoms with Gasteiger partial charge >= 0.3 is 0 Å². The van der Waals surface area contributed by atoms with E-state index < -0.39 is 0 Å². The maximum absolute atomic E-state index is 13.2. The summed E-state index contributed by atoms with van der Waals surface area (Å²) in [5.41, 5.74) is 2.20. The molecule has 9 heteroatoms. The Hall–Kier alpha value is -2.91. The summed E-state index contributed by atoms with van der Waals surface area (Å²) in [6.07, 6.45) is 2.78. The number of hydrogen-bond donors (Lipinski definition) is 2. The van der Waals surface area contributed by atoms with Gasteiger partial charge < -0.3 is 25.3 Å². The zero-order valence-electron chi connectivity index (χ0n) is 19.3. The second-order valence-electron chi connectivity index (χ2n) is 9.15. The Balaban J connectivity index is 1.33. The molecule has 2 saturated heterocycles. The summed E-state index contributed by atoms with van der Waals surface area (Å²) in [6.45, 7) is 5.73. The minimum absolute atomic E-state index is 0.00327. The molecule has 3 aliphatic rings. The Morgan fingerprint density at radius 3 is 2.44 bits per heavy atom. The van der Waals surface area contributed by atoms with E-state index in [1.807, 2.05) is 45.5 Å². The van der Waals surface area contributed by atoms with Gasteiger partial charge in [0.05, 0.1) is 16.3 Å². The maximum atomic E-state index is 13.2. The van der Waals surface area contributed by atoms with E-state index >= 15 is 0 Å². The summed E-state index contributed by atoms with van der Waals surface area (Å²) in [5.74, 6) is 0.175. The van der Waals surface area contributed by atoms with E-state index in [9.17, 15) is 14.4 Å². The van der Waals surface area contributed by atoms with Crippen LogP contribution in [0.2, 0.25) is 0 Å². The molecule has 1 aliphatic carbocycles. The standard InChI is InChI=1S/C25H31N5O3S/c31-23(18-4-5-18)27-20-17-19(24(32)29-10-2-8-26-9-11-29)6-7-21(20)28-12-14-30(15-13-28)25(33)22-3-1-16-34-22/h1,3,6-7,16-18,26H,2,4-5,8-15H2,(H,27,31). The van der Waals surface area contributed by atoms with Crippen molar-refractivity contribution in [3.8, 4) is 0 Å². The van der Waals surface area contributed by atoms with Crippen LogP contribution >= 0.6 is 11.3 Å². The van der Waals surface area contributed by atoms with Gasteiger partial charge in [-0.3, -0.25) is 14.4 Å². The number of hydrogen-bond acceptors (Lipinski definition) is 6. The van der Waals surface area contributed by atoms with Gasteiger partial charge in [0.2, 0.25) is 5.91 Å². The van der Waals surface area contributed by atoms with Crippen LogP contribution < -0.4 is 15.5 Å². The minimum atomic E-state index is 0.00327. The lowest BCUT2D eigenvalue weighted by atomic mass is 10.1. The van der Waals surface area contributed by atoms with Gasteiger partial charge in [0.15, 0.2) is 0 Å². The highest BCUT2D eigenvalue weighted by Crippen LogP contribution is 2.34. The van der Waals surface area contributed by atoms with Crippen molar-refractivity contribution in [1.82, 2.24) is 15.1 Å². The summed E-state index contributed by atoms with van der Waals surface area (Å²) in [7, 11) is 0. The number of thiophene rings is 1. The molecule has 34 heavy (non-hydrogen) atoms. The van der Waals surface area contributed by atoms with Crippen LogP contribution in [0, 0.1) is 5.92 Å². The largest absolute Gasteiger partial charge is 0.366 e. The lowest BCUT2D eigenvalue weighted by molar-refractivity contribution is -0.117. The van der Waals surface area contributed by atoms with Crippen LogP contribution in [0.1, 0.15) is 39.3 Å². The molecule has 0 radical (unpaired) electrons. The number of nitrogens with one attached hydrogen (secondary N) is 2. The Bertz CT molecular complexity index is 1040. The van der Waals surface area contributed by atoms with E-state index in [4.69, 9.17) is 0 Å². The number of nitrogens with zero attached hydrogens (tertiary/aromatic N) is 3. The van der Waals surface area contributed by atoms with E-state index in [0.717, 1.165) is 49.5 Å². The average Bonchev–Trinajstić information content (AvgIpc) is 3.64. The van der Waals surface area contributed by atoms with Gasteiger partial charge in [-0.15, -0.1) is 11.3 Å². The predicted octanol–water partition coefficient (Wildman–Crippen LogP) is 2.49. The van der Waals surface area contributed by atoms with E-state index in [-0.39, 0.29) is 23.6 Å². The van der Waals surface area contributed by atoms with Crippen LogP contribution in [0.3, 0.4) is 0 Å². The average molecular weight is 482 g/mol. The lowest BCUT2D eigenvalue weighted by Crippen LogP contribution is -2.48. The van der Waals surface area contributed by atoms with Crippen LogP contribution in [-0.2, 0) is 4.79 Å². The number of benzene rings is 1. The van der Waals surface area contributed by atoms with Gasteiger partial charge in [0.25, 0.3) is 11.8 Å². The van der Waals surface area contributed by atoms with Crippen molar-refractivity contribution in [1.29, 1.82) is 0 Å². The number of amides is 3. The van der Waals surface area contributed by atoms with E-state index in [1.54, 1.807) is 0 Å². The second kappa shape index (κ2) is 10.1. The quantitative estimate of drug-likeness (QED) is 0.686. The maximum Gasteiger partial charge on any atom is 0.264 e. The van der Waals surface area contributed by atoms with Crippen molar-refractivity contribution >= 4 is 40.4 Å². The molecule has 1 saturated carbocycles. The Morgan fingerprint density at radius 1 is 0.912 bits per heavy atom. The molecule has 5 rings (SSSR count). The Labute approximate surface area is 203 Å². The lowest BCUT2D eigenvalue weighted by Gasteiger charge is -2.37. The SMILES string of the molecule is O=C(Nc1cc(C(=O)N2CCCNCC2)ccc1N1CCN(C(=O)c2cccs2)CC1)C1CC1. The summed E-state index contributed by atoms with van der Waals surface area (Å²) >= 11 is 1.46. The van der Waals surface area contributed by atoms with Crippen molar-refractivity contribution in [2.75, 3.05) is 62.6 Å². The fraction of sp³-hybridized carbons (Fsp3) is 0.480. The number of carbonyl (C=O) groups excluding carboxylic acids is 3. The topological polar surface area (TPSA) is 85.0 Å². The van der Waals surface area contributed by atoms with Crippen LogP contribution in [0.15, 0.2) is 35.7 Å². The van der Waals surface area contributed by atoms with Gasteiger partial charge in [-0.1, -0.05) is 6.07 Å². The molecule has 0 atom stereocenters. The van der Waals surface area contributed by atoms with Crippen LogP contribution in [0.5, 0.6) is 0 Å². The molecule has 2 aliphatic heterocycles. The van der Waals surface area contributed by atoms with Crippen LogP contribution in [0.4, 0.5) is 11.4 Å². The fourth-order valence-electron chi connectivity index (χ4n) is 4.56. The van der Waals surface area contributed by atoms with Gasteiger partial charge in [0, 0.05) is 57.3 Å². The third-order valence-electron chi connectivity index (χ3n) is 6.72. The number of rotatable bonds is 5. The molecule has 0 bridgehead atoms. The van der Waals surface area contributed by atoms with E-state index in [2.05, 4.69) is 15.5 Å². The Kier molecular flexibility index (Phi) is 6.82. The summed E-state index contributed by atoms with van der Waals surface area (Å²) in [5, 5.41) is 8.34. The zero-order chi connectivity index (χ0) is 23.5. The normalized spacial score (nSPS) is 19.0. The summed E-state index contributed by atoms with van der Waals surface area (Å²) < 4.78 is 0. The molecule has 0 unspecified atom stereocenters. The van der Waals surface area contributed by atoms with Crippen LogP contribution in [-0.4, -0.2) is 79.9 Å². The van der Waals surface area contributed by atoms with Crippen molar-refractivity contribution in [2.24, 2.45) is 5.92 Å². The first-order valence-corrected chi connectivity index (χ1v) is 13.0.